The van der Waals surface area contributed by atoms with E-state index in [0.29, 0.717) is 17.1 Å². The van der Waals surface area contributed by atoms with Crippen LogP contribution in [-0.2, 0) is 4.79 Å². The Bertz CT molecular complexity index is 1330. The molecule has 0 unspecified atom stereocenters. The summed E-state index contributed by atoms with van der Waals surface area (Å²) in [4.78, 5) is 19.9. The SMILES string of the molecule is Cc1ccc(NC(=O)COc2cccc(C=C(C#N)c3nc4ccccc4[nH]3)c2)cc1C. The van der Waals surface area contributed by atoms with Crippen molar-refractivity contribution in [2.45, 2.75) is 13.8 Å². The average Bonchev–Trinajstić information content (AvgIpc) is 3.23. The van der Waals surface area contributed by atoms with Gasteiger partial charge in [-0.1, -0.05) is 30.3 Å². The van der Waals surface area contributed by atoms with Gasteiger partial charge in [-0.15, -0.1) is 0 Å². The van der Waals surface area contributed by atoms with Crippen LogP contribution in [0.1, 0.15) is 22.5 Å². The van der Waals surface area contributed by atoms with Crippen LogP contribution in [-0.4, -0.2) is 22.5 Å². The number of carbonyl (C=O) groups is 1. The lowest BCUT2D eigenvalue weighted by molar-refractivity contribution is -0.118. The number of rotatable bonds is 6. The molecular weight excluding hydrogens is 400 g/mol. The number of imidazole rings is 1. The maximum atomic E-state index is 12.3. The Hall–Kier alpha value is -4.37. The van der Waals surface area contributed by atoms with Gasteiger partial charge in [0, 0.05) is 5.69 Å². The molecule has 0 aliphatic heterocycles. The number of amides is 1. The van der Waals surface area contributed by atoms with Crippen molar-refractivity contribution >= 4 is 34.3 Å². The maximum absolute atomic E-state index is 12.3. The molecular formula is C26H22N4O2. The number of fused-ring (bicyclic) bond motifs is 1. The number of nitrogens with one attached hydrogen (secondary N) is 2. The highest BCUT2D eigenvalue weighted by Gasteiger charge is 2.09. The van der Waals surface area contributed by atoms with Crippen molar-refractivity contribution in [2.75, 3.05) is 11.9 Å². The van der Waals surface area contributed by atoms with Gasteiger partial charge in [-0.2, -0.15) is 5.26 Å². The molecule has 0 radical (unpaired) electrons. The number of para-hydroxylation sites is 2. The predicted molar refractivity (Wildman–Crippen MR) is 126 cm³/mol. The molecule has 0 saturated carbocycles. The molecule has 1 aromatic heterocycles. The highest BCUT2D eigenvalue weighted by atomic mass is 16.5. The van der Waals surface area contributed by atoms with Crippen LogP contribution in [0.15, 0.2) is 66.7 Å². The number of hydrogen-bond acceptors (Lipinski definition) is 4. The average molecular weight is 422 g/mol. The summed E-state index contributed by atoms with van der Waals surface area (Å²) in [6.45, 7) is 3.91. The van der Waals surface area contributed by atoms with Crippen molar-refractivity contribution in [3.63, 3.8) is 0 Å². The molecule has 0 aliphatic rings. The Labute approximate surface area is 186 Å². The number of nitriles is 1. The van der Waals surface area contributed by atoms with E-state index >= 15 is 0 Å². The summed E-state index contributed by atoms with van der Waals surface area (Å²) < 4.78 is 5.66. The molecule has 4 rings (SSSR count). The Balaban J connectivity index is 1.45. The summed E-state index contributed by atoms with van der Waals surface area (Å²) in [5.41, 5.74) is 5.87. The van der Waals surface area contributed by atoms with Crippen molar-refractivity contribution < 1.29 is 9.53 Å². The molecule has 1 amide bonds. The number of aromatic amines is 1. The van der Waals surface area contributed by atoms with Gasteiger partial charge in [-0.25, -0.2) is 4.98 Å². The highest BCUT2D eigenvalue weighted by Crippen LogP contribution is 2.21. The first-order valence-corrected chi connectivity index (χ1v) is 10.2. The van der Waals surface area contributed by atoms with E-state index in [1.165, 1.54) is 5.56 Å². The van der Waals surface area contributed by atoms with E-state index in [9.17, 15) is 10.1 Å². The molecule has 32 heavy (non-hydrogen) atoms. The Kier molecular flexibility index (Phi) is 6.00. The van der Waals surface area contributed by atoms with Gasteiger partial charge in [0.15, 0.2) is 6.61 Å². The molecule has 6 heteroatoms. The second-order valence-electron chi connectivity index (χ2n) is 7.48. The van der Waals surface area contributed by atoms with Crippen LogP contribution in [0.2, 0.25) is 0 Å². The van der Waals surface area contributed by atoms with Crippen LogP contribution in [0.25, 0.3) is 22.7 Å². The summed E-state index contributed by atoms with van der Waals surface area (Å²) in [5, 5.41) is 12.5. The fourth-order valence-electron chi connectivity index (χ4n) is 3.26. The topological polar surface area (TPSA) is 90.8 Å². The molecule has 0 bridgehead atoms. The highest BCUT2D eigenvalue weighted by molar-refractivity contribution is 5.92. The van der Waals surface area contributed by atoms with Crippen molar-refractivity contribution in [2.24, 2.45) is 0 Å². The van der Waals surface area contributed by atoms with Gasteiger partial charge in [-0.05, 0) is 73.0 Å². The van der Waals surface area contributed by atoms with E-state index in [0.717, 1.165) is 27.8 Å². The number of carbonyl (C=O) groups excluding carboxylic acids is 1. The molecule has 2 N–H and O–H groups in total. The van der Waals surface area contributed by atoms with E-state index in [-0.39, 0.29) is 12.5 Å². The van der Waals surface area contributed by atoms with Crippen molar-refractivity contribution in [3.8, 4) is 11.8 Å². The number of allylic oxidation sites excluding steroid dienone is 1. The summed E-state index contributed by atoms with van der Waals surface area (Å²) in [7, 11) is 0. The molecule has 0 fully saturated rings. The zero-order valence-corrected chi connectivity index (χ0v) is 17.8. The van der Waals surface area contributed by atoms with Crippen LogP contribution >= 0.6 is 0 Å². The van der Waals surface area contributed by atoms with Gasteiger partial charge >= 0.3 is 0 Å². The monoisotopic (exact) mass is 422 g/mol. The molecule has 0 aliphatic carbocycles. The number of aryl methyl sites for hydroxylation is 2. The molecule has 1 heterocycles. The van der Waals surface area contributed by atoms with Crippen LogP contribution in [0.3, 0.4) is 0 Å². The number of nitrogens with zero attached hydrogens (tertiary/aromatic N) is 2. The Morgan fingerprint density at radius 2 is 1.94 bits per heavy atom. The van der Waals surface area contributed by atoms with Gasteiger partial charge < -0.3 is 15.0 Å². The molecule has 0 spiro atoms. The van der Waals surface area contributed by atoms with Crippen LogP contribution < -0.4 is 10.1 Å². The first kappa shape index (κ1) is 20.9. The molecule has 4 aromatic rings. The molecule has 6 nitrogen and oxygen atoms in total. The number of H-pyrrole nitrogens is 1. The first-order valence-electron chi connectivity index (χ1n) is 10.2. The molecule has 158 valence electrons. The van der Waals surface area contributed by atoms with E-state index in [1.54, 1.807) is 18.2 Å². The largest absolute Gasteiger partial charge is 0.484 e. The number of anilines is 1. The third-order valence-corrected chi connectivity index (χ3v) is 5.09. The van der Waals surface area contributed by atoms with Crippen LogP contribution in [0, 0.1) is 25.2 Å². The van der Waals surface area contributed by atoms with E-state index in [2.05, 4.69) is 21.4 Å². The number of hydrogen-bond donors (Lipinski definition) is 2. The summed E-state index contributed by atoms with van der Waals surface area (Å²) in [6.07, 6.45) is 1.74. The smallest absolute Gasteiger partial charge is 0.262 e. The lowest BCUT2D eigenvalue weighted by Crippen LogP contribution is -2.20. The lowest BCUT2D eigenvalue weighted by Gasteiger charge is -2.09. The molecule has 0 atom stereocenters. The minimum Gasteiger partial charge on any atom is -0.484 e. The van der Waals surface area contributed by atoms with E-state index < -0.39 is 0 Å². The van der Waals surface area contributed by atoms with Gasteiger partial charge in [0.2, 0.25) is 0 Å². The standard InChI is InChI=1S/C26H22N4O2/c1-17-10-11-21(12-18(17)2)28-25(31)16-32-22-7-5-6-19(14-22)13-20(15-27)26-29-23-8-3-4-9-24(23)30-26/h3-14H,16H2,1-2H3,(H,28,31)(H,29,30). The zero-order chi connectivity index (χ0) is 22.5. The van der Waals surface area contributed by atoms with Gasteiger partial charge in [0.25, 0.3) is 5.91 Å². The normalized spacial score (nSPS) is 11.2. The second kappa shape index (κ2) is 9.19. The predicted octanol–water partition coefficient (Wildman–Crippen LogP) is 5.26. The quantitative estimate of drug-likeness (QED) is 0.415. The number of benzene rings is 3. The third kappa shape index (κ3) is 4.85. The Morgan fingerprint density at radius 3 is 2.72 bits per heavy atom. The minimum absolute atomic E-state index is 0.116. The maximum Gasteiger partial charge on any atom is 0.262 e. The third-order valence-electron chi connectivity index (χ3n) is 5.09. The van der Waals surface area contributed by atoms with Crippen LogP contribution in [0.5, 0.6) is 5.75 Å². The second-order valence-corrected chi connectivity index (χ2v) is 7.48. The fraction of sp³-hybridized carbons (Fsp3) is 0.115. The number of ether oxygens (including phenoxy) is 1. The van der Waals surface area contributed by atoms with Crippen molar-refractivity contribution in [3.05, 3.63) is 89.2 Å². The zero-order valence-electron chi connectivity index (χ0n) is 17.8. The summed E-state index contributed by atoms with van der Waals surface area (Å²) in [5.74, 6) is 0.804. The lowest BCUT2D eigenvalue weighted by atomic mass is 10.1. The molecule has 3 aromatic carbocycles. The van der Waals surface area contributed by atoms with E-state index in [1.807, 2.05) is 68.4 Å². The van der Waals surface area contributed by atoms with Gasteiger partial charge in [0.1, 0.15) is 17.6 Å². The first-order chi connectivity index (χ1) is 15.5. The number of aromatic nitrogens is 2. The molecule has 0 saturated heterocycles. The fourth-order valence-corrected chi connectivity index (χ4v) is 3.26. The van der Waals surface area contributed by atoms with Gasteiger partial charge in [0.05, 0.1) is 16.6 Å². The van der Waals surface area contributed by atoms with Crippen molar-refractivity contribution in [1.29, 1.82) is 5.26 Å². The van der Waals surface area contributed by atoms with Crippen LogP contribution in [0.4, 0.5) is 5.69 Å². The Morgan fingerprint density at radius 1 is 1.09 bits per heavy atom. The van der Waals surface area contributed by atoms with Gasteiger partial charge in [-0.3, -0.25) is 4.79 Å². The van der Waals surface area contributed by atoms with E-state index in [4.69, 9.17) is 4.74 Å². The minimum atomic E-state index is -0.241. The van der Waals surface area contributed by atoms with Crippen molar-refractivity contribution in [1.82, 2.24) is 9.97 Å². The summed E-state index contributed by atoms with van der Waals surface area (Å²) in [6, 6.07) is 22.8. The summed E-state index contributed by atoms with van der Waals surface area (Å²) >= 11 is 0.